The van der Waals surface area contributed by atoms with Crippen molar-refractivity contribution in [2.24, 2.45) is 0 Å². The lowest BCUT2D eigenvalue weighted by atomic mass is 10.0. The number of carbonyl (C=O) groups is 2. The van der Waals surface area contributed by atoms with E-state index in [4.69, 9.17) is 0 Å². The van der Waals surface area contributed by atoms with Gasteiger partial charge in [0.25, 0.3) is 5.91 Å². The molecular weight excluding hydrogens is 446 g/mol. The van der Waals surface area contributed by atoms with Crippen LogP contribution < -0.4 is 15.1 Å². The van der Waals surface area contributed by atoms with Crippen molar-refractivity contribution in [3.63, 3.8) is 0 Å². The smallest absolute Gasteiger partial charge is 0.270 e. The number of benzene rings is 1. The molecule has 0 spiro atoms. The van der Waals surface area contributed by atoms with Crippen LogP contribution in [0.15, 0.2) is 28.9 Å². The molecule has 1 aromatic carbocycles. The zero-order chi connectivity index (χ0) is 21.3. The largest absolute Gasteiger partial charge is 0.341 e. The second-order valence-corrected chi connectivity index (χ2v) is 8.90. The van der Waals surface area contributed by atoms with Gasteiger partial charge in [-0.1, -0.05) is 15.9 Å². The van der Waals surface area contributed by atoms with E-state index < -0.39 is 6.04 Å². The number of aryl methyl sites for hydroxylation is 2. The van der Waals surface area contributed by atoms with E-state index in [1.54, 1.807) is 17.2 Å². The number of halogens is 1. The van der Waals surface area contributed by atoms with Crippen molar-refractivity contribution in [2.75, 3.05) is 29.4 Å². The van der Waals surface area contributed by atoms with Gasteiger partial charge in [0, 0.05) is 36.0 Å². The Bertz CT molecular complexity index is 951. The quantitative estimate of drug-likeness (QED) is 0.739. The number of anilines is 2. The number of nitrogens with zero attached hydrogens (tertiary/aromatic N) is 4. The van der Waals surface area contributed by atoms with E-state index in [2.05, 4.69) is 36.1 Å². The molecule has 0 bridgehead atoms. The Kier molecular flexibility index (Phi) is 6.04. The van der Waals surface area contributed by atoms with Crippen molar-refractivity contribution in [2.45, 2.75) is 45.6 Å². The summed E-state index contributed by atoms with van der Waals surface area (Å²) in [5.74, 6) is 0.178. The first-order chi connectivity index (χ1) is 14.4. The lowest BCUT2D eigenvalue weighted by Crippen LogP contribution is -2.53. The van der Waals surface area contributed by atoms with Crippen molar-refractivity contribution in [3.8, 4) is 0 Å². The lowest BCUT2D eigenvalue weighted by molar-refractivity contribution is -0.121. The van der Waals surface area contributed by atoms with Crippen molar-refractivity contribution in [1.82, 2.24) is 15.3 Å². The van der Waals surface area contributed by atoms with E-state index in [1.165, 1.54) is 0 Å². The molecule has 1 N–H and O–H groups in total. The SMILES string of the molecule is Cc1cc(Br)cc(C)c1N1CCCC(NC(=O)c2ccnc(N3CCCC3)n2)C1=O. The van der Waals surface area contributed by atoms with Crippen LogP contribution in [0.5, 0.6) is 0 Å². The van der Waals surface area contributed by atoms with Gasteiger partial charge in [-0.2, -0.15) is 0 Å². The maximum Gasteiger partial charge on any atom is 0.270 e. The van der Waals surface area contributed by atoms with Crippen molar-refractivity contribution >= 4 is 39.4 Å². The summed E-state index contributed by atoms with van der Waals surface area (Å²) in [6.07, 6.45) is 5.29. The third-order valence-corrected chi connectivity index (χ3v) is 6.19. The fraction of sp³-hybridized carbons (Fsp3) is 0.455. The maximum absolute atomic E-state index is 13.2. The molecule has 0 radical (unpaired) electrons. The fourth-order valence-electron chi connectivity index (χ4n) is 4.34. The van der Waals surface area contributed by atoms with Gasteiger partial charge in [-0.25, -0.2) is 9.97 Å². The highest BCUT2D eigenvalue weighted by molar-refractivity contribution is 9.10. The second-order valence-electron chi connectivity index (χ2n) is 7.98. The first kappa shape index (κ1) is 20.8. The molecule has 1 aromatic heterocycles. The molecule has 3 heterocycles. The van der Waals surface area contributed by atoms with E-state index in [0.29, 0.717) is 24.6 Å². The van der Waals surface area contributed by atoms with Gasteiger partial charge in [0.1, 0.15) is 11.7 Å². The van der Waals surface area contributed by atoms with Crippen LogP contribution in [0.25, 0.3) is 0 Å². The Balaban J connectivity index is 1.50. The standard InChI is InChI=1S/C22H26BrN5O2/c1-14-12-16(23)13-15(2)19(14)28-11-5-6-18(21(28)30)25-20(29)17-7-8-24-22(26-17)27-9-3-4-10-27/h7-8,12-13,18H,3-6,9-11H2,1-2H3,(H,25,29). The summed E-state index contributed by atoms with van der Waals surface area (Å²) in [4.78, 5) is 38.7. The monoisotopic (exact) mass is 471 g/mol. The van der Waals surface area contributed by atoms with E-state index in [9.17, 15) is 9.59 Å². The lowest BCUT2D eigenvalue weighted by Gasteiger charge is -2.34. The number of aromatic nitrogens is 2. The van der Waals surface area contributed by atoms with Crippen LogP contribution in [0.3, 0.4) is 0 Å². The average Bonchev–Trinajstić information content (AvgIpc) is 3.25. The number of amides is 2. The van der Waals surface area contributed by atoms with Crippen LogP contribution in [0.2, 0.25) is 0 Å². The molecule has 8 heteroatoms. The fourth-order valence-corrected chi connectivity index (χ4v) is 5.02. The van der Waals surface area contributed by atoms with E-state index in [0.717, 1.165) is 53.6 Å². The van der Waals surface area contributed by atoms with Crippen LogP contribution in [0.1, 0.15) is 47.3 Å². The highest BCUT2D eigenvalue weighted by Crippen LogP contribution is 2.31. The summed E-state index contributed by atoms with van der Waals surface area (Å²) in [6, 6.07) is 5.07. The van der Waals surface area contributed by atoms with E-state index in [1.807, 2.05) is 26.0 Å². The minimum atomic E-state index is -0.557. The highest BCUT2D eigenvalue weighted by atomic mass is 79.9. The number of piperidine rings is 1. The van der Waals surface area contributed by atoms with Gasteiger partial charge in [0.2, 0.25) is 11.9 Å². The Morgan fingerprint density at radius 3 is 2.53 bits per heavy atom. The van der Waals surface area contributed by atoms with E-state index in [-0.39, 0.29) is 11.8 Å². The number of hydrogen-bond acceptors (Lipinski definition) is 5. The summed E-state index contributed by atoms with van der Waals surface area (Å²) in [5.41, 5.74) is 3.30. The number of nitrogens with one attached hydrogen (secondary N) is 1. The zero-order valence-corrected chi connectivity index (χ0v) is 18.9. The molecule has 1 atom stereocenters. The summed E-state index contributed by atoms with van der Waals surface area (Å²) in [7, 11) is 0. The summed E-state index contributed by atoms with van der Waals surface area (Å²) >= 11 is 3.51. The molecule has 2 aliphatic heterocycles. The van der Waals surface area contributed by atoms with Crippen LogP contribution in [0, 0.1) is 13.8 Å². The van der Waals surface area contributed by atoms with Gasteiger partial charge < -0.3 is 15.1 Å². The van der Waals surface area contributed by atoms with Gasteiger partial charge >= 0.3 is 0 Å². The zero-order valence-electron chi connectivity index (χ0n) is 17.3. The van der Waals surface area contributed by atoms with Gasteiger partial charge in [-0.05, 0) is 68.9 Å². The first-order valence-electron chi connectivity index (χ1n) is 10.4. The molecular formula is C22H26BrN5O2. The third-order valence-electron chi connectivity index (χ3n) is 5.73. The normalized spacial score (nSPS) is 19.3. The highest BCUT2D eigenvalue weighted by Gasteiger charge is 2.32. The molecule has 2 aliphatic rings. The van der Waals surface area contributed by atoms with Gasteiger partial charge in [0.05, 0.1) is 0 Å². The topological polar surface area (TPSA) is 78.4 Å². The third kappa shape index (κ3) is 4.19. The first-order valence-corrected chi connectivity index (χ1v) is 11.2. The molecule has 2 fully saturated rings. The molecule has 2 saturated heterocycles. The molecule has 1 unspecified atom stereocenters. The number of carbonyl (C=O) groups excluding carboxylic acids is 2. The minimum Gasteiger partial charge on any atom is -0.341 e. The molecule has 0 aliphatic carbocycles. The molecule has 4 rings (SSSR count). The predicted molar refractivity (Wildman–Crippen MR) is 120 cm³/mol. The molecule has 158 valence electrons. The Labute approximate surface area is 185 Å². The molecule has 30 heavy (non-hydrogen) atoms. The van der Waals surface area contributed by atoms with Gasteiger partial charge in [0.15, 0.2) is 0 Å². The van der Waals surface area contributed by atoms with Gasteiger partial charge in [-0.15, -0.1) is 0 Å². The van der Waals surface area contributed by atoms with Crippen LogP contribution >= 0.6 is 15.9 Å². The van der Waals surface area contributed by atoms with E-state index >= 15 is 0 Å². The Hall–Kier alpha value is -2.48. The van der Waals surface area contributed by atoms with Crippen molar-refractivity contribution in [3.05, 3.63) is 45.7 Å². The predicted octanol–water partition coefficient (Wildman–Crippen LogP) is 3.38. The second kappa shape index (κ2) is 8.71. The van der Waals surface area contributed by atoms with Crippen LogP contribution in [0.4, 0.5) is 11.6 Å². The number of hydrogen-bond donors (Lipinski definition) is 1. The molecule has 2 aromatic rings. The maximum atomic E-state index is 13.2. The Morgan fingerprint density at radius 2 is 1.83 bits per heavy atom. The average molecular weight is 472 g/mol. The number of rotatable bonds is 4. The molecule has 2 amide bonds. The van der Waals surface area contributed by atoms with Crippen molar-refractivity contribution in [1.29, 1.82) is 0 Å². The molecule has 0 saturated carbocycles. The summed E-state index contributed by atoms with van der Waals surface area (Å²) < 4.78 is 0.994. The van der Waals surface area contributed by atoms with Gasteiger partial charge in [-0.3, -0.25) is 9.59 Å². The summed E-state index contributed by atoms with van der Waals surface area (Å²) in [6.45, 7) is 6.48. The minimum absolute atomic E-state index is 0.0723. The van der Waals surface area contributed by atoms with Crippen LogP contribution in [-0.2, 0) is 4.79 Å². The molecule has 7 nitrogen and oxygen atoms in total. The summed E-state index contributed by atoms with van der Waals surface area (Å²) in [5, 5.41) is 2.90. The Morgan fingerprint density at radius 1 is 1.13 bits per heavy atom. The van der Waals surface area contributed by atoms with Crippen LogP contribution in [-0.4, -0.2) is 47.5 Å². The van der Waals surface area contributed by atoms with Crippen molar-refractivity contribution < 1.29 is 9.59 Å².